The molecule has 2 heteroatoms. The number of piperidine rings is 1. The smallest absolute Gasteiger partial charge is 0.115 e. The predicted molar refractivity (Wildman–Crippen MR) is 106 cm³/mol. The van der Waals surface area contributed by atoms with Gasteiger partial charge in [-0.3, -0.25) is 0 Å². The van der Waals surface area contributed by atoms with Crippen molar-refractivity contribution < 1.29 is 5.11 Å². The third kappa shape index (κ3) is 2.95. The lowest BCUT2D eigenvalue weighted by molar-refractivity contribution is 0.0478. The Kier molecular flexibility index (Phi) is 4.04. The van der Waals surface area contributed by atoms with Crippen LogP contribution < -0.4 is 0 Å². The molecule has 2 aromatic rings. The van der Waals surface area contributed by atoms with Crippen molar-refractivity contribution in [2.75, 3.05) is 13.1 Å². The zero-order chi connectivity index (χ0) is 17.6. The molecular formula is C24H29NO. The molecule has 1 N–H and O–H groups in total. The van der Waals surface area contributed by atoms with Crippen LogP contribution in [0.3, 0.4) is 0 Å². The second-order valence-corrected chi connectivity index (χ2v) is 8.84. The molecule has 26 heavy (non-hydrogen) atoms. The predicted octanol–water partition coefficient (Wildman–Crippen LogP) is 5.08. The number of nitrogens with zero attached hydrogens (tertiary/aromatic N) is 1. The van der Waals surface area contributed by atoms with E-state index in [-0.39, 0.29) is 0 Å². The van der Waals surface area contributed by atoms with E-state index in [9.17, 15) is 5.11 Å². The fraction of sp³-hybridized carbons (Fsp3) is 0.500. The Morgan fingerprint density at radius 1 is 1.04 bits per heavy atom. The second-order valence-electron chi connectivity index (χ2n) is 8.84. The fourth-order valence-corrected chi connectivity index (χ4v) is 5.75. The zero-order valence-corrected chi connectivity index (χ0v) is 15.5. The van der Waals surface area contributed by atoms with Gasteiger partial charge in [0.2, 0.25) is 0 Å². The molecule has 0 unspecified atom stereocenters. The highest BCUT2D eigenvalue weighted by Crippen LogP contribution is 2.51. The number of rotatable bonds is 4. The molecule has 1 heterocycles. The Hall–Kier alpha value is -1.80. The number of phenolic OH excluding ortho intramolecular Hbond substituents is 1. The monoisotopic (exact) mass is 347 g/mol. The van der Waals surface area contributed by atoms with Gasteiger partial charge >= 0.3 is 0 Å². The van der Waals surface area contributed by atoms with Crippen LogP contribution >= 0.6 is 0 Å². The van der Waals surface area contributed by atoms with Gasteiger partial charge in [0.25, 0.3) is 0 Å². The summed E-state index contributed by atoms with van der Waals surface area (Å²) in [6.45, 7) is 2.50. The van der Waals surface area contributed by atoms with Gasteiger partial charge in [0.1, 0.15) is 5.75 Å². The van der Waals surface area contributed by atoms with Crippen LogP contribution in [0.2, 0.25) is 0 Å². The van der Waals surface area contributed by atoms with Crippen LogP contribution in [0.25, 0.3) is 0 Å². The molecule has 4 atom stereocenters. The highest BCUT2D eigenvalue weighted by molar-refractivity contribution is 5.34. The number of phenols is 1. The average Bonchev–Trinajstić information content (AvgIpc) is 3.45. The van der Waals surface area contributed by atoms with E-state index in [4.69, 9.17) is 0 Å². The minimum absolute atomic E-state index is 0.306. The maximum Gasteiger partial charge on any atom is 0.115 e. The highest BCUT2D eigenvalue weighted by Gasteiger charge is 2.46. The van der Waals surface area contributed by atoms with Crippen molar-refractivity contribution in [3.05, 3.63) is 65.7 Å². The highest BCUT2D eigenvalue weighted by atomic mass is 16.3. The first-order chi connectivity index (χ1) is 12.7. The summed E-state index contributed by atoms with van der Waals surface area (Å²) in [6, 6.07) is 19.9. The van der Waals surface area contributed by atoms with Crippen molar-refractivity contribution >= 4 is 0 Å². The van der Waals surface area contributed by atoms with E-state index in [1.165, 1.54) is 62.7 Å². The first kappa shape index (κ1) is 16.4. The van der Waals surface area contributed by atoms with Gasteiger partial charge in [-0.25, -0.2) is 0 Å². The number of likely N-dealkylation sites (tertiary alicyclic amines) is 1. The van der Waals surface area contributed by atoms with Crippen LogP contribution in [-0.4, -0.2) is 29.1 Å². The van der Waals surface area contributed by atoms with Crippen molar-refractivity contribution in [3.8, 4) is 5.75 Å². The van der Waals surface area contributed by atoms with Crippen molar-refractivity contribution in [3.63, 3.8) is 0 Å². The van der Waals surface area contributed by atoms with E-state index < -0.39 is 0 Å². The number of fused-ring (bicyclic) bond motifs is 2. The summed E-state index contributed by atoms with van der Waals surface area (Å²) in [5.41, 5.74) is 3.21. The van der Waals surface area contributed by atoms with Gasteiger partial charge in [-0.2, -0.15) is 0 Å². The lowest BCUT2D eigenvalue weighted by Gasteiger charge is -2.51. The van der Waals surface area contributed by atoms with Crippen molar-refractivity contribution in [2.45, 2.75) is 55.9 Å². The van der Waals surface area contributed by atoms with Gasteiger partial charge in [-0.15, -0.1) is 0 Å². The normalized spacial score (nSPS) is 33.8. The van der Waals surface area contributed by atoms with E-state index in [0.29, 0.717) is 11.2 Å². The Bertz CT molecular complexity index is 773. The van der Waals surface area contributed by atoms with E-state index in [2.05, 4.69) is 41.3 Å². The van der Waals surface area contributed by atoms with Crippen molar-refractivity contribution in [1.29, 1.82) is 0 Å². The van der Waals surface area contributed by atoms with Gasteiger partial charge in [-0.05, 0) is 79.2 Å². The average molecular weight is 348 g/mol. The summed E-state index contributed by atoms with van der Waals surface area (Å²) in [5, 5.41) is 9.94. The minimum atomic E-state index is 0.306. The maximum absolute atomic E-state index is 9.94. The van der Waals surface area contributed by atoms with E-state index in [1.807, 2.05) is 12.1 Å². The molecule has 136 valence electrons. The molecule has 1 saturated heterocycles. The Morgan fingerprint density at radius 2 is 1.92 bits per heavy atom. The minimum Gasteiger partial charge on any atom is -0.508 e. The third-order valence-corrected chi connectivity index (χ3v) is 7.29. The molecule has 0 spiro atoms. The van der Waals surface area contributed by atoms with E-state index in [0.717, 1.165) is 17.9 Å². The molecule has 0 radical (unpaired) electrons. The number of aromatic hydroxyl groups is 1. The lowest BCUT2D eigenvalue weighted by atomic mass is 9.63. The van der Waals surface area contributed by atoms with Gasteiger partial charge < -0.3 is 10.0 Å². The number of benzene rings is 2. The SMILES string of the molecule is Oc1cccc([C@@]23CCC[C@@H](C2)N(C[C@H]2C[C@H]2c2ccccc2)CC3)c1. The molecule has 2 saturated carbocycles. The summed E-state index contributed by atoms with van der Waals surface area (Å²) in [7, 11) is 0. The molecule has 2 aromatic carbocycles. The summed E-state index contributed by atoms with van der Waals surface area (Å²) in [6.07, 6.45) is 7.85. The summed E-state index contributed by atoms with van der Waals surface area (Å²) in [4.78, 5) is 2.80. The molecule has 2 bridgehead atoms. The molecule has 2 aliphatic carbocycles. The summed E-state index contributed by atoms with van der Waals surface area (Å²) < 4.78 is 0. The van der Waals surface area contributed by atoms with Crippen LogP contribution in [0.4, 0.5) is 0 Å². The topological polar surface area (TPSA) is 23.5 Å². The Balaban J connectivity index is 1.27. The van der Waals surface area contributed by atoms with Gasteiger partial charge in [-0.1, -0.05) is 48.9 Å². The molecule has 0 aromatic heterocycles. The Labute approximate surface area is 156 Å². The van der Waals surface area contributed by atoms with Crippen LogP contribution in [0.15, 0.2) is 54.6 Å². The summed E-state index contributed by atoms with van der Waals surface area (Å²) >= 11 is 0. The van der Waals surface area contributed by atoms with E-state index in [1.54, 1.807) is 6.07 Å². The fourth-order valence-electron chi connectivity index (χ4n) is 5.75. The largest absolute Gasteiger partial charge is 0.508 e. The second kappa shape index (κ2) is 6.42. The van der Waals surface area contributed by atoms with Crippen molar-refractivity contribution in [1.82, 2.24) is 4.90 Å². The molecule has 3 aliphatic rings. The van der Waals surface area contributed by atoms with Crippen LogP contribution in [0, 0.1) is 5.92 Å². The molecular weight excluding hydrogens is 318 g/mol. The third-order valence-electron chi connectivity index (χ3n) is 7.29. The molecule has 0 amide bonds. The molecule has 5 rings (SSSR count). The van der Waals surface area contributed by atoms with Crippen LogP contribution in [0.1, 0.15) is 55.6 Å². The quantitative estimate of drug-likeness (QED) is 0.833. The van der Waals surface area contributed by atoms with Crippen LogP contribution in [-0.2, 0) is 5.41 Å². The molecule has 2 nitrogen and oxygen atoms in total. The number of hydrogen-bond acceptors (Lipinski definition) is 2. The zero-order valence-electron chi connectivity index (χ0n) is 15.5. The number of hydrogen-bond donors (Lipinski definition) is 1. The molecule has 3 fully saturated rings. The first-order valence-electron chi connectivity index (χ1n) is 10.3. The van der Waals surface area contributed by atoms with Crippen LogP contribution in [0.5, 0.6) is 5.75 Å². The van der Waals surface area contributed by atoms with Gasteiger partial charge in [0.05, 0.1) is 0 Å². The lowest BCUT2D eigenvalue weighted by Crippen LogP contribution is -2.52. The van der Waals surface area contributed by atoms with Gasteiger partial charge in [0.15, 0.2) is 0 Å². The standard InChI is InChI=1S/C24H29NO/c26-22-10-4-8-20(15-22)24-11-5-9-21(16-24)25(13-12-24)17-19-14-23(19)18-6-2-1-3-7-18/h1-4,6-8,10,15,19,21,23,26H,5,9,11-14,16-17H2/t19-,21+,23+,24-/m1/s1. The van der Waals surface area contributed by atoms with E-state index >= 15 is 0 Å². The Morgan fingerprint density at radius 3 is 2.77 bits per heavy atom. The molecule has 1 aliphatic heterocycles. The first-order valence-corrected chi connectivity index (χ1v) is 10.3. The summed E-state index contributed by atoms with van der Waals surface area (Å²) in [5.74, 6) is 2.07. The maximum atomic E-state index is 9.94. The van der Waals surface area contributed by atoms with Crippen molar-refractivity contribution in [2.24, 2.45) is 5.92 Å². The van der Waals surface area contributed by atoms with Gasteiger partial charge in [0, 0.05) is 12.6 Å².